The Morgan fingerprint density at radius 3 is 2.70 bits per heavy atom. The number of methoxy groups -OCH3 is 1. The van der Waals surface area contributed by atoms with E-state index in [4.69, 9.17) is 10.5 Å². The fraction of sp³-hybridized carbons (Fsp3) is 0.647. The summed E-state index contributed by atoms with van der Waals surface area (Å²) in [4.78, 5) is 2.42. The van der Waals surface area contributed by atoms with Crippen molar-refractivity contribution >= 4 is 0 Å². The van der Waals surface area contributed by atoms with Crippen LogP contribution in [-0.4, -0.2) is 31.6 Å². The van der Waals surface area contributed by atoms with Crippen molar-refractivity contribution in [1.29, 1.82) is 0 Å². The van der Waals surface area contributed by atoms with Crippen LogP contribution in [0.1, 0.15) is 37.7 Å². The van der Waals surface area contributed by atoms with E-state index < -0.39 is 0 Å². The highest BCUT2D eigenvalue weighted by molar-refractivity contribution is 5.28. The van der Waals surface area contributed by atoms with Crippen molar-refractivity contribution < 1.29 is 4.74 Å². The normalized spacial score (nSPS) is 18.2. The molecule has 0 saturated heterocycles. The van der Waals surface area contributed by atoms with Gasteiger partial charge in [0, 0.05) is 19.1 Å². The maximum absolute atomic E-state index is 6.05. The summed E-state index contributed by atoms with van der Waals surface area (Å²) in [7, 11) is 3.92. The van der Waals surface area contributed by atoms with Gasteiger partial charge in [-0.3, -0.25) is 4.90 Å². The third-order valence-corrected chi connectivity index (χ3v) is 4.57. The van der Waals surface area contributed by atoms with Crippen LogP contribution in [0.3, 0.4) is 0 Å². The zero-order valence-corrected chi connectivity index (χ0v) is 12.8. The molecule has 1 fully saturated rings. The third kappa shape index (κ3) is 3.97. The second-order valence-corrected chi connectivity index (χ2v) is 5.97. The van der Waals surface area contributed by atoms with E-state index in [1.807, 2.05) is 6.07 Å². The van der Waals surface area contributed by atoms with Crippen LogP contribution in [0.15, 0.2) is 24.3 Å². The van der Waals surface area contributed by atoms with Gasteiger partial charge in [0.25, 0.3) is 0 Å². The van der Waals surface area contributed by atoms with Gasteiger partial charge in [0.05, 0.1) is 7.11 Å². The van der Waals surface area contributed by atoms with E-state index in [9.17, 15) is 0 Å². The topological polar surface area (TPSA) is 38.5 Å². The van der Waals surface area contributed by atoms with E-state index in [0.717, 1.165) is 24.8 Å². The third-order valence-electron chi connectivity index (χ3n) is 4.57. The van der Waals surface area contributed by atoms with Crippen LogP contribution in [0.5, 0.6) is 5.75 Å². The number of benzene rings is 1. The van der Waals surface area contributed by atoms with Gasteiger partial charge in [-0.25, -0.2) is 0 Å². The molecule has 0 radical (unpaired) electrons. The molecule has 1 aromatic carbocycles. The maximum Gasteiger partial charge on any atom is 0.119 e. The molecule has 1 atom stereocenters. The average Bonchev–Trinajstić information content (AvgIpc) is 2.49. The van der Waals surface area contributed by atoms with Crippen molar-refractivity contribution in [2.45, 2.75) is 44.7 Å². The van der Waals surface area contributed by atoms with Crippen molar-refractivity contribution in [1.82, 2.24) is 4.90 Å². The monoisotopic (exact) mass is 276 g/mol. The molecule has 0 amide bonds. The van der Waals surface area contributed by atoms with Gasteiger partial charge in [0.15, 0.2) is 0 Å². The van der Waals surface area contributed by atoms with Gasteiger partial charge in [-0.1, -0.05) is 31.4 Å². The number of nitrogens with zero attached hydrogens (tertiary/aromatic N) is 1. The molecule has 0 aliphatic heterocycles. The van der Waals surface area contributed by atoms with Crippen molar-refractivity contribution in [2.24, 2.45) is 11.7 Å². The van der Waals surface area contributed by atoms with E-state index in [2.05, 4.69) is 30.1 Å². The lowest BCUT2D eigenvalue weighted by Gasteiger charge is -2.36. The van der Waals surface area contributed by atoms with E-state index in [1.165, 1.54) is 37.7 Å². The molecular formula is C17H28N2O. The summed E-state index contributed by atoms with van der Waals surface area (Å²) in [6.07, 6.45) is 6.81. The number of nitrogens with two attached hydrogens (primary N) is 1. The molecule has 1 aliphatic rings. The smallest absolute Gasteiger partial charge is 0.119 e. The summed E-state index contributed by atoms with van der Waals surface area (Å²) in [5.74, 6) is 1.70. The molecule has 20 heavy (non-hydrogen) atoms. The lowest BCUT2D eigenvalue weighted by atomic mass is 9.83. The second kappa shape index (κ2) is 7.65. The zero-order chi connectivity index (χ0) is 14.4. The fourth-order valence-corrected chi connectivity index (χ4v) is 3.43. The first-order valence-corrected chi connectivity index (χ1v) is 7.78. The van der Waals surface area contributed by atoms with Crippen molar-refractivity contribution in [3.05, 3.63) is 29.8 Å². The Morgan fingerprint density at radius 2 is 2.05 bits per heavy atom. The standard InChI is InChI=1S/C17H28N2O/c1-19(13-14-7-6-10-16(11-14)20-2)17(12-18)15-8-4-3-5-9-15/h6-7,10-11,15,17H,3-5,8-9,12-13,18H2,1-2H3. The molecule has 0 bridgehead atoms. The molecule has 1 aromatic rings. The Balaban J connectivity index is 1.98. The zero-order valence-electron chi connectivity index (χ0n) is 12.8. The number of likely N-dealkylation sites (N-methyl/N-ethyl adjacent to an activating group) is 1. The fourth-order valence-electron chi connectivity index (χ4n) is 3.43. The number of hydrogen-bond donors (Lipinski definition) is 1. The van der Waals surface area contributed by atoms with Gasteiger partial charge in [0.1, 0.15) is 5.75 Å². The Morgan fingerprint density at radius 1 is 1.30 bits per heavy atom. The average molecular weight is 276 g/mol. The molecule has 2 N–H and O–H groups in total. The van der Waals surface area contributed by atoms with Gasteiger partial charge >= 0.3 is 0 Å². The van der Waals surface area contributed by atoms with Crippen LogP contribution in [0.25, 0.3) is 0 Å². The van der Waals surface area contributed by atoms with Crippen molar-refractivity contribution in [2.75, 3.05) is 20.7 Å². The van der Waals surface area contributed by atoms with Gasteiger partial charge in [0.2, 0.25) is 0 Å². The second-order valence-electron chi connectivity index (χ2n) is 5.97. The minimum atomic E-state index is 0.501. The number of rotatable bonds is 6. The molecule has 0 aromatic heterocycles. The Kier molecular flexibility index (Phi) is 5.86. The number of ether oxygens (including phenoxy) is 1. The van der Waals surface area contributed by atoms with Crippen molar-refractivity contribution in [3.8, 4) is 5.75 Å². The summed E-state index contributed by atoms with van der Waals surface area (Å²) in [5.41, 5.74) is 7.34. The minimum Gasteiger partial charge on any atom is -0.497 e. The molecule has 112 valence electrons. The molecule has 1 unspecified atom stereocenters. The summed E-state index contributed by atoms with van der Waals surface area (Å²) in [5, 5.41) is 0. The molecule has 1 aliphatic carbocycles. The van der Waals surface area contributed by atoms with Crippen LogP contribution >= 0.6 is 0 Å². The molecule has 0 heterocycles. The molecule has 3 nitrogen and oxygen atoms in total. The van der Waals surface area contributed by atoms with Crippen LogP contribution in [0.2, 0.25) is 0 Å². The van der Waals surface area contributed by atoms with Crippen LogP contribution in [0.4, 0.5) is 0 Å². The lowest BCUT2D eigenvalue weighted by Crippen LogP contribution is -2.43. The van der Waals surface area contributed by atoms with Gasteiger partial charge < -0.3 is 10.5 Å². The van der Waals surface area contributed by atoms with Crippen LogP contribution in [0, 0.1) is 5.92 Å². The highest BCUT2D eigenvalue weighted by Crippen LogP contribution is 2.29. The lowest BCUT2D eigenvalue weighted by molar-refractivity contribution is 0.143. The predicted molar refractivity (Wildman–Crippen MR) is 83.9 cm³/mol. The van der Waals surface area contributed by atoms with Gasteiger partial charge in [-0.15, -0.1) is 0 Å². The first-order valence-electron chi connectivity index (χ1n) is 7.78. The molecular weight excluding hydrogens is 248 g/mol. The maximum atomic E-state index is 6.05. The van der Waals surface area contributed by atoms with Crippen LogP contribution in [-0.2, 0) is 6.54 Å². The minimum absolute atomic E-state index is 0.501. The van der Waals surface area contributed by atoms with Crippen molar-refractivity contribution in [3.63, 3.8) is 0 Å². The SMILES string of the molecule is COc1cccc(CN(C)C(CN)C2CCCCC2)c1. The van der Waals surface area contributed by atoms with Gasteiger partial charge in [-0.2, -0.15) is 0 Å². The summed E-state index contributed by atoms with van der Waals surface area (Å²) in [6.45, 7) is 1.70. The number of hydrogen-bond acceptors (Lipinski definition) is 3. The predicted octanol–water partition coefficient (Wildman–Crippen LogP) is 3.03. The highest BCUT2D eigenvalue weighted by atomic mass is 16.5. The van der Waals surface area contributed by atoms with Crippen LogP contribution < -0.4 is 10.5 Å². The Bertz CT molecular complexity index is 402. The van der Waals surface area contributed by atoms with E-state index >= 15 is 0 Å². The Hall–Kier alpha value is -1.06. The highest BCUT2D eigenvalue weighted by Gasteiger charge is 2.25. The first-order chi connectivity index (χ1) is 9.74. The summed E-state index contributed by atoms with van der Waals surface area (Å²) >= 11 is 0. The quantitative estimate of drug-likeness (QED) is 0.868. The molecule has 1 saturated carbocycles. The largest absolute Gasteiger partial charge is 0.497 e. The van der Waals surface area contributed by atoms with E-state index in [0.29, 0.717) is 6.04 Å². The first kappa shape index (κ1) is 15.3. The summed E-state index contributed by atoms with van der Waals surface area (Å²) in [6, 6.07) is 8.82. The molecule has 0 spiro atoms. The van der Waals surface area contributed by atoms with E-state index in [1.54, 1.807) is 7.11 Å². The van der Waals surface area contributed by atoms with E-state index in [-0.39, 0.29) is 0 Å². The van der Waals surface area contributed by atoms with Gasteiger partial charge in [-0.05, 0) is 43.5 Å². The molecule has 2 rings (SSSR count). The Labute approximate surface area is 123 Å². The molecule has 3 heteroatoms. The summed E-state index contributed by atoms with van der Waals surface area (Å²) < 4.78 is 5.30.